The third-order valence-corrected chi connectivity index (χ3v) is 2.25. The van der Waals surface area contributed by atoms with Crippen LogP contribution < -0.4 is 0 Å². The highest BCUT2D eigenvalue weighted by atomic mass is 16.1. The largest absolute Gasteiger partial charge is 0.235 e. The smallest absolute Gasteiger partial charge is 0.211 e. The Morgan fingerprint density at radius 3 is 2.92 bits per heavy atom. The highest BCUT2D eigenvalue weighted by Gasteiger charge is 2.24. The van der Waals surface area contributed by atoms with E-state index in [1.54, 1.807) is 6.08 Å². The van der Waals surface area contributed by atoms with Gasteiger partial charge in [-0.05, 0) is 31.6 Å². The summed E-state index contributed by atoms with van der Waals surface area (Å²) in [5, 5.41) is 0. The lowest BCUT2D eigenvalue weighted by Crippen LogP contribution is -1.87. The van der Waals surface area contributed by atoms with Crippen LogP contribution in [0.25, 0.3) is 0 Å². The number of rotatable bonds is 6. The van der Waals surface area contributed by atoms with Crippen molar-refractivity contribution in [2.24, 2.45) is 10.9 Å². The maximum absolute atomic E-state index is 9.85. The van der Waals surface area contributed by atoms with E-state index < -0.39 is 0 Å². The molecular weight excluding hydrogens is 162 g/mol. The number of carbonyl (C=O) groups excluding carboxylic acids is 1. The summed E-state index contributed by atoms with van der Waals surface area (Å²) < 4.78 is 0. The molecule has 0 aliphatic heterocycles. The average molecular weight is 177 g/mol. The van der Waals surface area contributed by atoms with Gasteiger partial charge in [-0.3, -0.25) is 0 Å². The van der Waals surface area contributed by atoms with Crippen molar-refractivity contribution < 1.29 is 4.79 Å². The first-order valence-corrected chi connectivity index (χ1v) is 4.72. The standard InChI is InChI=1S/C11H15NO/c1-2-3-4-10(11-5-6-11)7-8-12-9-13/h2,7,11H,1,3-6,8H2/b10-7+. The van der Waals surface area contributed by atoms with Crippen LogP contribution in [0.3, 0.4) is 0 Å². The summed E-state index contributed by atoms with van der Waals surface area (Å²) >= 11 is 0. The summed E-state index contributed by atoms with van der Waals surface area (Å²) in [5.41, 5.74) is 1.44. The number of isocyanates is 1. The number of hydrogen-bond donors (Lipinski definition) is 0. The normalized spacial score (nSPS) is 16.5. The molecule has 0 bridgehead atoms. The highest BCUT2D eigenvalue weighted by Crippen LogP contribution is 2.38. The van der Waals surface area contributed by atoms with Crippen molar-refractivity contribution in [2.45, 2.75) is 25.7 Å². The van der Waals surface area contributed by atoms with Gasteiger partial charge < -0.3 is 0 Å². The van der Waals surface area contributed by atoms with Gasteiger partial charge in [0.15, 0.2) is 0 Å². The number of hydrogen-bond acceptors (Lipinski definition) is 2. The van der Waals surface area contributed by atoms with Crippen LogP contribution in [0, 0.1) is 5.92 Å². The van der Waals surface area contributed by atoms with Crippen LogP contribution in [0.4, 0.5) is 0 Å². The average Bonchev–Trinajstić information content (AvgIpc) is 2.94. The molecule has 2 heteroatoms. The zero-order valence-electron chi connectivity index (χ0n) is 7.83. The topological polar surface area (TPSA) is 29.4 Å². The van der Waals surface area contributed by atoms with E-state index in [2.05, 4.69) is 17.6 Å². The second-order valence-electron chi connectivity index (χ2n) is 3.31. The summed E-state index contributed by atoms with van der Waals surface area (Å²) in [4.78, 5) is 13.4. The minimum absolute atomic E-state index is 0.493. The Morgan fingerprint density at radius 2 is 2.38 bits per heavy atom. The van der Waals surface area contributed by atoms with Crippen LogP contribution in [0.1, 0.15) is 25.7 Å². The van der Waals surface area contributed by atoms with Gasteiger partial charge in [0.25, 0.3) is 0 Å². The number of nitrogens with zero attached hydrogens (tertiary/aromatic N) is 1. The van der Waals surface area contributed by atoms with Crippen LogP contribution >= 0.6 is 0 Å². The van der Waals surface area contributed by atoms with Gasteiger partial charge >= 0.3 is 0 Å². The molecule has 13 heavy (non-hydrogen) atoms. The summed E-state index contributed by atoms with van der Waals surface area (Å²) in [6.45, 7) is 4.19. The van der Waals surface area contributed by atoms with Crippen molar-refractivity contribution in [1.82, 2.24) is 0 Å². The summed E-state index contributed by atoms with van der Waals surface area (Å²) in [6.07, 6.45) is 10.2. The predicted octanol–water partition coefficient (Wildman–Crippen LogP) is 2.62. The molecule has 0 aromatic carbocycles. The van der Waals surface area contributed by atoms with Gasteiger partial charge in [-0.2, -0.15) is 0 Å². The van der Waals surface area contributed by atoms with Gasteiger partial charge in [0, 0.05) is 0 Å². The molecule has 0 saturated heterocycles. The van der Waals surface area contributed by atoms with Crippen molar-refractivity contribution in [3.63, 3.8) is 0 Å². The summed E-state index contributed by atoms with van der Waals surface area (Å²) in [5.74, 6) is 0.766. The molecular formula is C11H15NO. The Labute approximate surface area is 79.1 Å². The molecule has 0 N–H and O–H groups in total. The molecule has 0 atom stereocenters. The van der Waals surface area contributed by atoms with E-state index in [0.717, 1.165) is 18.8 Å². The molecule has 1 saturated carbocycles. The van der Waals surface area contributed by atoms with E-state index in [1.807, 2.05) is 6.08 Å². The maximum Gasteiger partial charge on any atom is 0.235 e. The second-order valence-corrected chi connectivity index (χ2v) is 3.31. The van der Waals surface area contributed by atoms with E-state index in [9.17, 15) is 4.79 Å². The predicted molar refractivity (Wildman–Crippen MR) is 53.2 cm³/mol. The molecule has 0 spiro atoms. The van der Waals surface area contributed by atoms with E-state index in [1.165, 1.54) is 18.4 Å². The van der Waals surface area contributed by atoms with Crippen LogP contribution in [-0.2, 0) is 4.79 Å². The third-order valence-electron chi connectivity index (χ3n) is 2.25. The lowest BCUT2D eigenvalue weighted by molar-refractivity contribution is 0.564. The fraction of sp³-hybridized carbons (Fsp3) is 0.545. The van der Waals surface area contributed by atoms with Crippen molar-refractivity contribution in [2.75, 3.05) is 6.54 Å². The molecule has 0 radical (unpaired) electrons. The van der Waals surface area contributed by atoms with E-state index in [0.29, 0.717) is 6.54 Å². The highest BCUT2D eigenvalue weighted by molar-refractivity contribution is 5.33. The van der Waals surface area contributed by atoms with Gasteiger partial charge in [0.1, 0.15) is 0 Å². The lowest BCUT2D eigenvalue weighted by Gasteiger charge is -2.01. The minimum atomic E-state index is 0.493. The van der Waals surface area contributed by atoms with Crippen LogP contribution in [0.5, 0.6) is 0 Å². The van der Waals surface area contributed by atoms with Crippen molar-refractivity contribution >= 4 is 6.08 Å². The minimum Gasteiger partial charge on any atom is -0.211 e. The Kier molecular flexibility index (Phi) is 4.20. The molecule has 1 rings (SSSR count). The fourth-order valence-electron chi connectivity index (χ4n) is 1.40. The quantitative estimate of drug-likeness (QED) is 0.348. The molecule has 0 unspecified atom stereocenters. The van der Waals surface area contributed by atoms with Gasteiger partial charge in [0.2, 0.25) is 6.08 Å². The third kappa shape index (κ3) is 3.86. The summed E-state index contributed by atoms with van der Waals surface area (Å²) in [7, 11) is 0. The first-order chi connectivity index (χ1) is 6.38. The van der Waals surface area contributed by atoms with Crippen molar-refractivity contribution in [3.8, 4) is 0 Å². The Morgan fingerprint density at radius 1 is 1.62 bits per heavy atom. The molecule has 0 amide bonds. The fourth-order valence-corrected chi connectivity index (χ4v) is 1.40. The van der Waals surface area contributed by atoms with Gasteiger partial charge in [-0.15, -0.1) is 6.58 Å². The Balaban J connectivity index is 2.39. The molecule has 1 fully saturated rings. The van der Waals surface area contributed by atoms with Crippen molar-refractivity contribution in [1.29, 1.82) is 0 Å². The molecule has 0 aromatic rings. The zero-order valence-corrected chi connectivity index (χ0v) is 7.83. The van der Waals surface area contributed by atoms with Gasteiger partial charge in [-0.1, -0.05) is 17.7 Å². The lowest BCUT2D eigenvalue weighted by atomic mass is 10.1. The Hall–Kier alpha value is -1.14. The number of aliphatic imine (C=N–C) groups is 1. The molecule has 1 aliphatic rings. The van der Waals surface area contributed by atoms with Gasteiger partial charge in [0.05, 0.1) is 6.54 Å². The Bertz CT molecular complexity index is 245. The molecule has 0 aromatic heterocycles. The van der Waals surface area contributed by atoms with Gasteiger partial charge in [-0.25, -0.2) is 9.79 Å². The van der Waals surface area contributed by atoms with E-state index in [4.69, 9.17) is 0 Å². The SMILES string of the molecule is C=CCC/C(=C\CN=C=O)C1CC1. The van der Waals surface area contributed by atoms with Crippen molar-refractivity contribution in [3.05, 3.63) is 24.3 Å². The van der Waals surface area contributed by atoms with E-state index in [-0.39, 0.29) is 0 Å². The maximum atomic E-state index is 9.85. The zero-order chi connectivity index (χ0) is 9.52. The van der Waals surface area contributed by atoms with E-state index >= 15 is 0 Å². The first-order valence-electron chi connectivity index (χ1n) is 4.72. The van der Waals surface area contributed by atoms with Crippen LogP contribution in [0.2, 0.25) is 0 Å². The molecule has 2 nitrogen and oxygen atoms in total. The summed E-state index contributed by atoms with van der Waals surface area (Å²) in [6, 6.07) is 0. The van der Waals surface area contributed by atoms with Crippen LogP contribution in [-0.4, -0.2) is 12.6 Å². The molecule has 70 valence electrons. The number of allylic oxidation sites excluding steroid dienone is 2. The monoisotopic (exact) mass is 177 g/mol. The molecule has 0 heterocycles. The molecule has 1 aliphatic carbocycles. The van der Waals surface area contributed by atoms with Crippen LogP contribution in [0.15, 0.2) is 29.3 Å². The second kappa shape index (κ2) is 5.50. The first kappa shape index (κ1) is 9.94.